The van der Waals surface area contributed by atoms with Crippen LogP contribution in [-0.2, 0) is 6.54 Å². The van der Waals surface area contributed by atoms with Crippen molar-refractivity contribution in [2.75, 3.05) is 0 Å². The van der Waals surface area contributed by atoms with Crippen molar-refractivity contribution < 1.29 is 0 Å². The molecular formula is C9H13N5S. The topological polar surface area (TPSA) is 66.5 Å². The quantitative estimate of drug-likeness (QED) is 0.806. The number of nitrogens with one attached hydrogen (secondary N) is 2. The number of H-pyrrole nitrogens is 1. The van der Waals surface area contributed by atoms with Crippen LogP contribution < -0.4 is 5.32 Å². The number of aromatic amines is 1. The van der Waals surface area contributed by atoms with E-state index in [1.807, 2.05) is 0 Å². The zero-order valence-corrected chi connectivity index (χ0v) is 9.29. The minimum Gasteiger partial charge on any atom is -0.302 e. The van der Waals surface area contributed by atoms with Crippen LogP contribution in [-0.4, -0.2) is 20.6 Å². The van der Waals surface area contributed by atoms with Gasteiger partial charge >= 0.3 is 0 Å². The van der Waals surface area contributed by atoms with Gasteiger partial charge in [0.25, 0.3) is 0 Å². The van der Waals surface area contributed by atoms with Gasteiger partial charge in [-0.15, -0.1) is 21.5 Å². The molecule has 1 atom stereocenters. The molecule has 1 unspecified atom stereocenters. The second-order valence-corrected chi connectivity index (χ2v) is 4.16. The van der Waals surface area contributed by atoms with Gasteiger partial charge in [-0.3, -0.25) is 0 Å². The molecule has 2 rings (SSSR count). The van der Waals surface area contributed by atoms with Crippen LogP contribution in [0.2, 0.25) is 0 Å². The normalized spacial score (nSPS) is 12.9. The summed E-state index contributed by atoms with van der Waals surface area (Å²) in [6.45, 7) is 2.81. The molecular weight excluding hydrogens is 210 g/mol. The van der Waals surface area contributed by atoms with E-state index < -0.39 is 0 Å². The number of thiophene rings is 1. The van der Waals surface area contributed by atoms with E-state index in [1.165, 1.54) is 4.88 Å². The number of aromatic nitrogens is 4. The minimum atomic E-state index is 0.378. The average Bonchev–Trinajstić information content (AvgIpc) is 2.90. The van der Waals surface area contributed by atoms with Crippen LogP contribution in [0.15, 0.2) is 17.5 Å². The lowest BCUT2D eigenvalue weighted by molar-refractivity contribution is 0.516. The number of nitrogens with zero attached hydrogens (tertiary/aromatic N) is 3. The molecule has 0 aliphatic rings. The molecule has 2 aromatic heterocycles. The van der Waals surface area contributed by atoms with Gasteiger partial charge in [-0.25, -0.2) is 0 Å². The van der Waals surface area contributed by atoms with Crippen molar-refractivity contribution in [1.82, 2.24) is 25.9 Å². The second-order valence-electron chi connectivity index (χ2n) is 3.19. The van der Waals surface area contributed by atoms with Crippen LogP contribution in [0.4, 0.5) is 0 Å². The van der Waals surface area contributed by atoms with Gasteiger partial charge in [-0.2, -0.15) is 5.21 Å². The smallest absolute Gasteiger partial charge is 0.188 e. The lowest BCUT2D eigenvalue weighted by Crippen LogP contribution is -2.20. The summed E-state index contributed by atoms with van der Waals surface area (Å²) in [5.41, 5.74) is 0. The average molecular weight is 223 g/mol. The van der Waals surface area contributed by atoms with Crippen LogP contribution in [0.3, 0.4) is 0 Å². The molecule has 80 valence electrons. The number of tetrazole rings is 1. The second kappa shape index (κ2) is 4.99. The summed E-state index contributed by atoms with van der Waals surface area (Å²) in [6, 6.07) is 4.59. The number of hydrogen-bond donors (Lipinski definition) is 2. The molecule has 0 spiro atoms. The van der Waals surface area contributed by atoms with Gasteiger partial charge in [0, 0.05) is 10.9 Å². The van der Waals surface area contributed by atoms with E-state index in [0.717, 1.165) is 6.42 Å². The van der Waals surface area contributed by atoms with E-state index in [9.17, 15) is 0 Å². The van der Waals surface area contributed by atoms with Crippen molar-refractivity contribution in [3.63, 3.8) is 0 Å². The number of rotatable bonds is 5. The zero-order valence-electron chi connectivity index (χ0n) is 8.47. The highest BCUT2D eigenvalue weighted by molar-refractivity contribution is 7.10. The molecule has 2 aromatic rings. The van der Waals surface area contributed by atoms with Crippen LogP contribution in [0.5, 0.6) is 0 Å². The van der Waals surface area contributed by atoms with E-state index in [-0.39, 0.29) is 0 Å². The number of hydrogen-bond acceptors (Lipinski definition) is 5. The highest BCUT2D eigenvalue weighted by atomic mass is 32.1. The van der Waals surface area contributed by atoms with Gasteiger partial charge < -0.3 is 5.32 Å². The van der Waals surface area contributed by atoms with E-state index in [2.05, 4.69) is 50.4 Å². The highest BCUT2D eigenvalue weighted by Gasteiger charge is 2.10. The summed E-state index contributed by atoms with van der Waals surface area (Å²) in [5.74, 6) is 0.699. The summed E-state index contributed by atoms with van der Waals surface area (Å²) in [4.78, 5) is 1.35. The Hall–Kier alpha value is -1.27. The molecule has 6 heteroatoms. The van der Waals surface area contributed by atoms with Gasteiger partial charge in [0.15, 0.2) is 5.82 Å². The van der Waals surface area contributed by atoms with Crippen molar-refractivity contribution in [2.24, 2.45) is 0 Å². The molecule has 0 radical (unpaired) electrons. The molecule has 2 heterocycles. The standard InChI is InChI=1S/C9H13N5S/c1-2-7(8-4-3-5-15-8)10-6-9-11-13-14-12-9/h3-5,7,10H,2,6H2,1H3,(H,11,12,13,14). The third-order valence-electron chi connectivity index (χ3n) is 2.19. The van der Waals surface area contributed by atoms with Crippen LogP contribution in [0.25, 0.3) is 0 Å². The van der Waals surface area contributed by atoms with Crippen molar-refractivity contribution in [3.05, 3.63) is 28.2 Å². The van der Waals surface area contributed by atoms with Gasteiger partial charge in [-0.1, -0.05) is 18.2 Å². The minimum absolute atomic E-state index is 0.378. The Labute approximate surface area is 91.9 Å². The molecule has 2 N–H and O–H groups in total. The van der Waals surface area contributed by atoms with E-state index in [4.69, 9.17) is 0 Å². The summed E-state index contributed by atoms with van der Waals surface area (Å²) in [7, 11) is 0. The molecule has 0 aliphatic heterocycles. The first-order chi connectivity index (χ1) is 7.40. The monoisotopic (exact) mass is 223 g/mol. The van der Waals surface area contributed by atoms with E-state index in [1.54, 1.807) is 11.3 Å². The molecule has 0 saturated heterocycles. The summed E-state index contributed by atoms with van der Waals surface area (Å²) in [5, 5.41) is 19.2. The maximum absolute atomic E-state index is 3.90. The molecule has 0 aromatic carbocycles. The van der Waals surface area contributed by atoms with Crippen LogP contribution in [0.1, 0.15) is 30.1 Å². The summed E-state index contributed by atoms with van der Waals surface area (Å²) >= 11 is 1.77. The predicted molar refractivity (Wildman–Crippen MR) is 58.4 cm³/mol. The van der Waals surface area contributed by atoms with Gasteiger partial charge in [0.2, 0.25) is 0 Å². The Morgan fingerprint density at radius 1 is 1.60 bits per heavy atom. The molecule has 0 bridgehead atoms. The summed E-state index contributed by atoms with van der Waals surface area (Å²) < 4.78 is 0. The Bertz CT molecular complexity index is 369. The molecule has 0 amide bonds. The van der Waals surface area contributed by atoms with Gasteiger partial charge in [0.1, 0.15) is 0 Å². The lowest BCUT2D eigenvalue weighted by atomic mass is 10.2. The Kier molecular flexibility index (Phi) is 3.41. The first-order valence-electron chi connectivity index (χ1n) is 4.89. The van der Waals surface area contributed by atoms with Crippen LogP contribution in [0, 0.1) is 0 Å². The third kappa shape index (κ3) is 2.60. The Morgan fingerprint density at radius 2 is 2.53 bits per heavy atom. The third-order valence-corrected chi connectivity index (χ3v) is 3.18. The Balaban J connectivity index is 1.92. The first-order valence-corrected chi connectivity index (χ1v) is 5.77. The molecule has 0 fully saturated rings. The molecule has 15 heavy (non-hydrogen) atoms. The maximum atomic E-state index is 3.90. The fraction of sp³-hybridized carbons (Fsp3) is 0.444. The fourth-order valence-corrected chi connectivity index (χ4v) is 2.29. The van der Waals surface area contributed by atoms with Gasteiger partial charge in [-0.05, 0) is 17.9 Å². The van der Waals surface area contributed by atoms with Crippen molar-refractivity contribution in [2.45, 2.75) is 25.9 Å². The molecule has 5 nitrogen and oxygen atoms in total. The largest absolute Gasteiger partial charge is 0.302 e. The first kappa shape index (κ1) is 10.3. The van der Waals surface area contributed by atoms with Crippen molar-refractivity contribution >= 4 is 11.3 Å². The van der Waals surface area contributed by atoms with E-state index in [0.29, 0.717) is 18.4 Å². The maximum Gasteiger partial charge on any atom is 0.188 e. The van der Waals surface area contributed by atoms with Crippen molar-refractivity contribution in [3.8, 4) is 0 Å². The lowest BCUT2D eigenvalue weighted by Gasteiger charge is -2.13. The molecule has 0 saturated carbocycles. The van der Waals surface area contributed by atoms with Crippen molar-refractivity contribution in [1.29, 1.82) is 0 Å². The summed E-state index contributed by atoms with van der Waals surface area (Å²) in [6.07, 6.45) is 1.05. The van der Waals surface area contributed by atoms with Crippen LogP contribution >= 0.6 is 11.3 Å². The fourth-order valence-electron chi connectivity index (χ4n) is 1.41. The highest BCUT2D eigenvalue weighted by Crippen LogP contribution is 2.21. The zero-order chi connectivity index (χ0) is 10.5. The molecule has 0 aliphatic carbocycles. The predicted octanol–water partition coefficient (Wildman–Crippen LogP) is 1.50. The van der Waals surface area contributed by atoms with Gasteiger partial charge in [0.05, 0.1) is 6.54 Å². The van der Waals surface area contributed by atoms with E-state index >= 15 is 0 Å². The Morgan fingerprint density at radius 3 is 3.13 bits per heavy atom. The SMILES string of the molecule is CCC(NCc1nn[nH]n1)c1cccs1.